The topological polar surface area (TPSA) is 103 Å². The van der Waals surface area contributed by atoms with Gasteiger partial charge in [-0.25, -0.2) is 4.99 Å². The third-order valence-electron chi connectivity index (χ3n) is 5.19. The Hall–Kier alpha value is -4.11. The van der Waals surface area contributed by atoms with E-state index in [-0.39, 0.29) is 18.2 Å². The van der Waals surface area contributed by atoms with E-state index in [4.69, 9.17) is 9.47 Å². The maximum absolute atomic E-state index is 12.5. The van der Waals surface area contributed by atoms with Gasteiger partial charge in [-0.2, -0.15) is 0 Å². The number of rotatable bonds is 8. The number of nitro groups is 1. The maximum atomic E-state index is 12.5. The molecule has 0 saturated carbocycles. The number of benzene rings is 3. The largest absolute Gasteiger partial charge is 0.490 e. The average molecular weight is 504 g/mol. The van der Waals surface area contributed by atoms with Gasteiger partial charge in [-0.15, -0.1) is 0 Å². The molecule has 1 aliphatic heterocycles. The number of aryl methyl sites for hydroxylation is 2. The van der Waals surface area contributed by atoms with Gasteiger partial charge >= 0.3 is 0 Å². The van der Waals surface area contributed by atoms with Crippen LogP contribution in [0.2, 0.25) is 0 Å². The summed E-state index contributed by atoms with van der Waals surface area (Å²) < 4.78 is 11.7. The summed E-state index contributed by atoms with van der Waals surface area (Å²) >= 11 is 1.28. The molecule has 184 valence electrons. The van der Waals surface area contributed by atoms with Crippen LogP contribution in [0.3, 0.4) is 0 Å². The van der Waals surface area contributed by atoms with Crippen molar-refractivity contribution in [2.45, 2.75) is 27.4 Å². The number of ether oxygens (including phenoxy) is 2. The standard InChI is InChI=1S/C27H25N3O5S/c1-4-34-24-14-20(7-10-23(24)35-16-19-5-8-22(9-6-19)30(32)33)15-25-26(31)29-27(36-25)28-21-12-17(2)11-18(3)13-21/h5-15H,4,16H2,1-3H3,(H,28,29,31)/b25-15-. The molecule has 1 aliphatic rings. The van der Waals surface area contributed by atoms with E-state index in [2.05, 4.69) is 16.4 Å². The Morgan fingerprint density at radius 2 is 1.72 bits per heavy atom. The minimum Gasteiger partial charge on any atom is -0.490 e. The lowest BCUT2D eigenvalue weighted by Gasteiger charge is -2.13. The lowest BCUT2D eigenvalue weighted by molar-refractivity contribution is -0.384. The molecule has 0 bridgehead atoms. The molecule has 36 heavy (non-hydrogen) atoms. The smallest absolute Gasteiger partial charge is 0.269 e. The molecule has 8 nitrogen and oxygen atoms in total. The Balaban J connectivity index is 1.49. The van der Waals surface area contributed by atoms with Crippen LogP contribution in [0.25, 0.3) is 6.08 Å². The molecule has 9 heteroatoms. The van der Waals surface area contributed by atoms with Crippen molar-refractivity contribution in [1.29, 1.82) is 0 Å². The Morgan fingerprint density at radius 3 is 2.39 bits per heavy atom. The zero-order valence-corrected chi connectivity index (χ0v) is 20.9. The summed E-state index contributed by atoms with van der Waals surface area (Å²) in [6, 6.07) is 17.7. The molecule has 0 aliphatic carbocycles. The summed E-state index contributed by atoms with van der Waals surface area (Å²) in [4.78, 5) is 28.0. The van der Waals surface area contributed by atoms with Gasteiger partial charge in [-0.3, -0.25) is 14.9 Å². The van der Waals surface area contributed by atoms with E-state index in [1.165, 1.54) is 23.9 Å². The van der Waals surface area contributed by atoms with Crippen LogP contribution < -0.4 is 14.8 Å². The molecule has 1 saturated heterocycles. The molecule has 1 heterocycles. The number of carbonyl (C=O) groups is 1. The van der Waals surface area contributed by atoms with Gasteiger partial charge in [0.05, 0.1) is 22.1 Å². The average Bonchev–Trinajstić information content (AvgIpc) is 3.16. The molecule has 1 N–H and O–H groups in total. The first-order valence-corrected chi connectivity index (χ1v) is 12.1. The number of aliphatic imine (C=N–C) groups is 1. The van der Waals surface area contributed by atoms with E-state index in [1.54, 1.807) is 24.3 Å². The molecule has 0 atom stereocenters. The number of hydrogen-bond donors (Lipinski definition) is 1. The minimum absolute atomic E-state index is 0.0298. The fourth-order valence-electron chi connectivity index (χ4n) is 3.64. The van der Waals surface area contributed by atoms with E-state index in [9.17, 15) is 14.9 Å². The van der Waals surface area contributed by atoms with E-state index in [0.29, 0.717) is 28.2 Å². The molecule has 0 spiro atoms. The second-order valence-corrected chi connectivity index (χ2v) is 9.21. The van der Waals surface area contributed by atoms with Crippen LogP contribution in [0.4, 0.5) is 11.4 Å². The van der Waals surface area contributed by atoms with E-state index in [0.717, 1.165) is 27.9 Å². The second kappa shape index (κ2) is 11.1. The molecular formula is C27H25N3O5S. The van der Waals surface area contributed by atoms with Crippen LogP contribution in [-0.4, -0.2) is 22.6 Å². The van der Waals surface area contributed by atoms with Crippen molar-refractivity contribution in [2.24, 2.45) is 4.99 Å². The van der Waals surface area contributed by atoms with Gasteiger partial charge in [0, 0.05) is 12.1 Å². The molecule has 0 aromatic heterocycles. The Labute approximate surface area is 213 Å². The van der Waals surface area contributed by atoms with Crippen molar-refractivity contribution in [1.82, 2.24) is 5.32 Å². The predicted octanol–water partition coefficient (Wildman–Crippen LogP) is 6.08. The van der Waals surface area contributed by atoms with Crippen molar-refractivity contribution in [2.75, 3.05) is 6.61 Å². The summed E-state index contributed by atoms with van der Waals surface area (Å²) in [6.45, 7) is 6.57. The van der Waals surface area contributed by atoms with Crippen LogP contribution in [0, 0.1) is 24.0 Å². The third kappa shape index (κ3) is 6.31. The first-order chi connectivity index (χ1) is 17.3. The normalized spacial score (nSPS) is 15.2. The molecule has 1 amide bonds. The molecule has 0 unspecified atom stereocenters. The van der Waals surface area contributed by atoms with Gasteiger partial charge in [0.1, 0.15) is 6.61 Å². The number of non-ortho nitro benzene ring substituents is 1. The fourth-order valence-corrected chi connectivity index (χ4v) is 4.48. The molecule has 0 radical (unpaired) electrons. The second-order valence-electron chi connectivity index (χ2n) is 8.18. The van der Waals surface area contributed by atoms with E-state index >= 15 is 0 Å². The zero-order chi connectivity index (χ0) is 25.7. The van der Waals surface area contributed by atoms with Crippen LogP contribution in [0.5, 0.6) is 11.5 Å². The van der Waals surface area contributed by atoms with Gasteiger partial charge in [0.25, 0.3) is 11.6 Å². The minimum atomic E-state index is -0.438. The number of amidine groups is 1. The monoisotopic (exact) mass is 503 g/mol. The highest BCUT2D eigenvalue weighted by atomic mass is 32.2. The third-order valence-corrected chi connectivity index (χ3v) is 6.10. The van der Waals surface area contributed by atoms with E-state index in [1.807, 2.05) is 45.0 Å². The van der Waals surface area contributed by atoms with Gasteiger partial charge in [-0.1, -0.05) is 12.1 Å². The van der Waals surface area contributed by atoms with Crippen LogP contribution in [-0.2, 0) is 11.4 Å². The van der Waals surface area contributed by atoms with Crippen LogP contribution in [0.1, 0.15) is 29.2 Å². The quantitative estimate of drug-likeness (QED) is 0.227. The fraction of sp³-hybridized carbons (Fsp3) is 0.185. The zero-order valence-electron chi connectivity index (χ0n) is 20.1. The van der Waals surface area contributed by atoms with Gasteiger partial charge < -0.3 is 14.8 Å². The Kier molecular flexibility index (Phi) is 7.70. The summed E-state index contributed by atoms with van der Waals surface area (Å²) in [7, 11) is 0. The van der Waals surface area contributed by atoms with Crippen LogP contribution in [0.15, 0.2) is 70.6 Å². The molecule has 3 aromatic carbocycles. The molecular weight excluding hydrogens is 478 g/mol. The highest BCUT2D eigenvalue weighted by molar-refractivity contribution is 8.18. The van der Waals surface area contributed by atoms with Gasteiger partial charge in [-0.05, 0) is 97.3 Å². The van der Waals surface area contributed by atoms with Gasteiger partial charge in [0.15, 0.2) is 16.7 Å². The summed E-state index contributed by atoms with van der Waals surface area (Å²) in [5.41, 5.74) is 4.62. The highest BCUT2D eigenvalue weighted by Crippen LogP contribution is 2.33. The number of carbonyl (C=O) groups excluding carboxylic acids is 1. The van der Waals surface area contributed by atoms with Gasteiger partial charge in [0.2, 0.25) is 0 Å². The van der Waals surface area contributed by atoms with Crippen molar-refractivity contribution >= 4 is 40.3 Å². The number of nitrogens with zero attached hydrogens (tertiary/aromatic N) is 2. The van der Waals surface area contributed by atoms with E-state index < -0.39 is 4.92 Å². The lowest BCUT2D eigenvalue weighted by Crippen LogP contribution is -2.19. The summed E-state index contributed by atoms with van der Waals surface area (Å²) in [5.74, 6) is 0.874. The first-order valence-electron chi connectivity index (χ1n) is 11.3. The number of thioether (sulfide) groups is 1. The number of nitro benzene ring substituents is 1. The van der Waals surface area contributed by atoms with Crippen molar-refractivity contribution in [3.05, 3.63) is 97.9 Å². The Morgan fingerprint density at radius 1 is 1.00 bits per heavy atom. The summed E-state index contributed by atoms with van der Waals surface area (Å²) in [5, 5.41) is 14.2. The number of nitrogens with one attached hydrogen (secondary N) is 1. The van der Waals surface area contributed by atoms with Crippen molar-refractivity contribution in [3.63, 3.8) is 0 Å². The molecule has 4 rings (SSSR count). The maximum Gasteiger partial charge on any atom is 0.269 e. The molecule has 3 aromatic rings. The predicted molar refractivity (Wildman–Crippen MR) is 142 cm³/mol. The number of amides is 1. The Bertz CT molecular complexity index is 1350. The summed E-state index contributed by atoms with van der Waals surface area (Å²) in [6.07, 6.45) is 1.78. The highest BCUT2D eigenvalue weighted by Gasteiger charge is 2.24. The SMILES string of the molecule is CCOc1cc(/C=C2\SC(=Nc3cc(C)cc(C)c3)NC2=O)ccc1OCc1ccc([N+](=O)[O-])cc1. The van der Waals surface area contributed by atoms with Crippen molar-refractivity contribution in [3.8, 4) is 11.5 Å². The number of hydrogen-bond acceptors (Lipinski definition) is 7. The molecule has 1 fully saturated rings. The van der Waals surface area contributed by atoms with Crippen LogP contribution >= 0.6 is 11.8 Å². The van der Waals surface area contributed by atoms with Crippen molar-refractivity contribution < 1.29 is 19.2 Å². The first kappa shape index (κ1) is 25.0. The lowest BCUT2D eigenvalue weighted by atomic mass is 10.1.